The molecule has 0 atom stereocenters. The maximum Gasteiger partial charge on any atom is 0.331 e. The van der Waals surface area contributed by atoms with Crippen LogP contribution in [0.15, 0.2) is 63.4 Å². The first-order chi connectivity index (χ1) is 18.4. The van der Waals surface area contributed by atoms with Gasteiger partial charge >= 0.3 is 5.97 Å². The fourth-order valence-electron chi connectivity index (χ4n) is 4.99. The smallest absolute Gasteiger partial charge is 0.331 e. The van der Waals surface area contributed by atoms with Crippen LogP contribution in [0, 0.1) is 5.41 Å². The number of carboxylic acid groups (broad SMARTS) is 1. The zero-order valence-corrected chi connectivity index (χ0v) is 25.3. The normalized spacial score (nSPS) is 16.6. The highest BCUT2D eigenvalue weighted by atomic mass is 32.2. The summed E-state index contributed by atoms with van der Waals surface area (Å²) in [5.74, 6) is -0.943. The molecular weight excluding hydrogens is 559 g/mol. The zero-order valence-electron chi connectivity index (χ0n) is 22.8. The standard InChI is InChI=1S/C28H37NO7S3/c1-5-7-14-28(15-8-6-2)19-29(21-9-11-22(12-10-21)38(4,32)33)23-17-25(37-3)24(36-16-13-27(30)31)18-26(23)39(34,35)20-28/h9-13,16-18H,5-8,14-15,19-20H2,1-4H3,(H,30,31)/b16-13+. The number of benzene rings is 2. The molecule has 0 bridgehead atoms. The van der Waals surface area contributed by atoms with Crippen molar-refractivity contribution in [1.82, 2.24) is 0 Å². The highest BCUT2D eigenvalue weighted by Crippen LogP contribution is 2.48. The maximum atomic E-state index is 14.1. The number of hydrogen-bond donors (Lipinski definition) is 1. The Labute approximate surface area is 236 Å². The number of nitrogens with zero attached hydrogens (tertiary/aromatic N) is 1. The number of carboxylic acids is 1. The Balaban J connectivity index is 2.27. The first-order valence-corrected chi connectivity index (χ1v) is 17.7. The van der Waals surface area contributed by atoms with Crippen molar-refractivity contribution in [2.75, 3.05) is 29.7 Å². The summed E-state index contributed by atoms with van der Waals surface area (Å²) in [4.78, 5) is 13.9. The summed E-state index contributed by atoms with van der Waals surface area (Å²) in [5, 5.41) is 8.95. The number of rotatable bonds is 12. The Hall–Kier alpha value is -2.50. The fraction of sp³-hybridized carbons (Fsp3) is 0.464. The van der Waals surface area contributed by atoms with Gasteiger partial charge in [0.15, 0.2) is 19.7 Å². The molecule has 1 aliphatic rings. The van der Waals surface area contributed by atoms with Crippen molar-refractivity contribution in [1.29, 1.82) is 0 Å². The van der Waals surface area contributed by atoms with Gasteiger partial charge < -0.3 is 14.7 Å². The third kappa shape index (κ3) is 7.58. The summed E-state index contributed by atoms with van der Waals surface area (Å²) in [7, 11) is -7.17. The van der Waals surface area contributed by atoms with Crippen LogP contribution in [0.3, 0.4) is 0 Å². The van der Waals surface area contributed by atoms with Crippen LogP contribution in [0.4, 0.5) is 11.4 Å². The van der Waals surface area contributed by atoms with E-state index in [1.807, 2.05) is 11.2 Å². The van der Waals surface area contributed by atoms with Crippen molar-refractivity contribution in [3.63, 3.8) is 0 Å². The van der Waals surface area contributed by atoms with Crippen LogP contribution in [0.1, 0.15) is 52.4 Å². The Kier molecular flexibility index (Phi) is 10.2. The molecule has 1 N–H and O–H groups in total. The molecular formula is C28H37NO7S3. The lowest BCUT2D eigenvalue weighted by Crippen LogP contribution is -2.38. The van der Waals surface area contributed by atoms with Crippen LogP contribution in [0.2, 0.25) is 0 Å². The van der Waals surface area contributed by atoms with Crippen molar-refractivity contribution in [3.8, 4) is 5.75 Å². The molecule has 0 aromatic heterocycles. The van der Waals surface area contributed by atoms with Gasteiger partial charge in [-0.05, 0) is 49.4 Å². The number of ether oxygens (including phenoxy) is 1. The van der Waals surface area contributed by atoms with Gasteiger partial charge in [0.25, 0.3) is 0 Å². The van der Waals surface area contributed by atoms with E-state index in [1.54, 1.807) is 30.3 Å². The third-order valence-corrected chi connectivity index (χ3v) is 10.8. The zero-order chi connectivity index (χ0) is 28.8. The van der Waals surface area contributed by atoms with E-state index in [0.29, 0.717) is 22.8 Å². The number of thioether (sulfide) groups is 1. The topological polar surface area (TPSA) is 118 Å². The van der Waals surface area contributed by atoms with Gasteiger partial charge in [-0.1, -0.05) is 39.5 Å². The van der Waals surface area contributed by atoms with E-state index in [4.69, 9.17) is 9.84 Å². The first-order valence-electron chi connectivity index (χ1n) is 12.9. The molecule has 0 aliphatic carbocycles. The molecule has 0 amide bonds. The van der Waals surface area contributed by atoms with Crippen LogP contribution in [0.25, 0.3) is 0 Å². The molecule has 8 nitrogen and oxygen atoms in total. The average molecular weight is 596 g/mol. The van der Waals surface area contributed by atoms with E-state index in [2.05, 4.69) is 13.8 Å². The number of anilines is 2. The number of sulfone groups is 2. The van der Waals surface area contributed by atoms with Gasteiger partial charge in [-0.2, -0.15) is 0 Å². The minimum Gasteiger partial charge on any atom is -0.478 e. The molecule has 3 rings (SSSR count). The number of carbonyl (C=O) groups is 1. The van der Waals surface area contributed by atoms with Crippen molar-refractivity contribution < 1.29 is 31.5 Å². The molecule has 0 unspecified atom stereocenters. The Morgan fingerprint density at radius 1 is 1.13 bits per heavy atom. The van der Waals surface area contributed by atoms with Crippen LogP contribution >= 0.6 is 11.8 Å². The minimum atomic E-state index is -3.78. The number of aliphatic carboxylic acids is 1. The van der Waals surface area contributed by atoms with Gasteiger partial charge in [-0.3, -0.25) is 0 Å². The lowest BCUT2D eigenvalue weighted by molar-refractivity contribution is -0.131. The second-order valence-electron chi connectivity index (χ2n) is 10.0. The molecule has 1 aliphatic heterocycles. The van der Waals surface area contributed by atoms with Gasteiger partial charge in [0.05, 0.1) is 38.5 Å². The van der Waals surface area contributed by atoms with E-state index >= 15 is 0 Å². The van der Waals surface area contributed by atoms with Gasteiger partial charge in [0.2, 0.25) is 0 Å². The highest BCUT2D eigenvalue weighted by molar-refractivity contribution is 7.98. The lowest BCUT2D eigenvalue weighted by atomic mass is 9.79. The van der Waals surface area contributed by atoms with Crippen molar-refractivity contribution in [2.24, 2.45) is 5.41 Å². The van der Waals surface area contributed by atoms with Crippen LogP contribution in [-0.2, 0) is 24.5 Å². The van der Waals surface area contributed by atoms with E-state index in [-0.39, 0.29) is 21.3 Å². The lowest BCUT2D eigenvalue weighted by Gasteiger charge is -2.37. The largest absolute Gasteiger partial charge is 0.478 e. The predicted molar refractivity (Wildman–Crippen MR) is 156 cm³/mol. The molecule has 214 valence electrons. The summed E-state index contributed by atoms with van der Waals surface area (Å²) >= 11 is 1.36. The molecule has 2 aromatic rings. The molecule has 0 fully saturated rings. The maximum absolute atomic E-state index is 14.1. The van der Waals surface area contributed by atoms with Gasteiger partial charge in [0, 0.05) is 30.0 Å². The fourth-order valence-corrected chi connectivity index (χ4v) is 8.27. The van der Waals surface area contributed by atoms with Crippen LogP contribution < -0.4 is 9.64 Å². The van der Waals surface area contributed by atoms with E-state index in [0.717, 1.165) is 57.1 Å². The molecule has 1 heterocycles. The second-order valence-corrected chi connectivity index (χ2v) is 14.9. The Bertz CT molecular complexity index is 1410. The molecule has 0 radical (unpaired) electrons. The van der Waals surface area contributed by atoms with Crippen molar-refractivity contribution >= 4 is 48.8 Å². The highest BCUT2D eigenvalue weighted by Gasteiger charge is 2.42. The summed E-state index contributed by atoms with van der Waals surface area (Å²) in [6.07, 6.45) is 10.0. The van der Waals surface area contributed by atoms with Gasteiger partial charge in [-0.25, -0.2) is 21.6 Å². The molecule has 11 heteroatoms. The summed E-state index contributed by atoms with van der Waals surface area (Å²) < 4.78 is 57.9. The quantitative estimate of drug-likeness (QED) is 0.177. The predicted octanol–water partition coefficient (Wildman–Crippen LogP) is 6.08. The third-order valence-electron chi connectivity index (χ3n) is 6.96. The molecule has 0 saturated heterocycles. The average Bonchev–Trinajstić information content (AvgIpc) is 2.97. The monoisotopic (exact) mass is 595 g/mol. The molecule has 0 spiro atoms. The summed E-state index contributed by atoms with van der Waals surface area (Å²) in [6.45, 7) is 4.65. The van der Waals surface area contributed by atoms with E-state index in [1.165, 1.54) is 17.8 Å². The number of hydrogen-bond acceptors (Lipinski definition) is 8. The summed E-state index contributed by atoms with van der Waals surface area (Å²) in [5.41, 5.74) is 0.684. The molecule has 2 aromatic carbocycles. The van der Waals surface area contributed by atoms with Gasteiger partial charge in [-0.15, -0.1) is 11.8 Å². The number of unbranched alkanes of at least 4 members (excludes halogenated alkanes) is 2. The van der Waals surface area contributed by atoms with Crippen molar-refractivity contribution in [2.45, 2.75) is 67.1 Å². The SMILES string of the molecule is CCCCC1(CCCC)CN(c2ccc(S(C)(=O)=O)cc2)c2cc(SC)c(O/C=C/C(=O)O)cc2S(=O)(=O)C1. The van der Waals surface area contributed by atoms with E-state index < -0.39 is 31.1 Å². The Morgan fingerprint density at radius 2 is 1.74 bits per heavy atom. The molecule has 39 heavy (non-hydrogen) atoms. The minimum absolute atomic E-state index is 0.0199. The van der Waals surface area contributed by atoms with Crippen molar-refractivity contribution in [3.05, 3.63) is 48.7 Å². The summed E-state index contributed by atoms with van der Waals surface area (Å²) in [6, 6.07) is 9.79. The van der Waals surface area contributed by atoms with Crippen LogP contribution in [0.5, 0.6) is 5.75 Å². The van der Waals surface area contributed by atoms with Gasteiger partial charge in [0.1, 0.15) is 5.75 Å². The molecule has 0 saturated carbocycles. The number of fused-ring (bicyclic) bond motifs is 1. The second kappa shape index (κ2) is 12.8. The van der Waals surface area contributed by atoms with Crippen LogP contribution in [-0.4, -0.2) is 52.7 Å². The Morgan fingerprint density at radius 3 is 2.26 bits per heavy atom. The van der Waals surface area contributed by atoms with E-state index in [9.17, 15) is 21.6 Å². The first kappa shape index (κ1) is 31.0.